The average Bonchev–Trinajstić information content (AvgIpc) is 2.35. The van der Waals surface area contributed by atoms with Crippen molar-refractivity contribution in [3.63, 3.8) is 0 Å². The largest absolute Gasteiger partial charge is 0.367 e. The molecule has 0 heterocycles. The zero-order chi connectivity index (χ0) is 15.3. The summed E-state index contributed by atoms with van der Waals surface area (Å²) in [6, 6.07) is 3.24. The van der Waals surface area contributed by atoms with Crippen molar-refractivity contribution in [3.8, 4) is 0 Å². The van der Waals surface area contributed by atoms with Gasteiger partial charge in [0.05, 0.1) is 0 Å². The molecule has 2 nitrogen and oxygen atoms in total. The summed E-state index contributed by atoms with van der Waals surface area (Å²) in [5, 5.41) is 3.16. The molecule has 1 unspecified atom stereocenters. The van der Waals surface area contributed by atoms with Crippen LogP contribution in [0, 0.1) is 11.6 Å². The van der Waals surface area contributed by atoms with Gasteiger partial charge in [-0.25, -0.2) is 8.78 Å². The molecule has 0 saturated carbocycles. The van der Waals surface area contributed by atoms with Crippen molar-refractivity contribution in [1.82, 2.24) is 5.32 Å². The molecule has 0 aliphatic carbocycles. The lowest BCUT2D eigenvalue weighted by Gasteiger charge is -2.27. The van der Waals surface area contributed by atoms with Gasteiger partial charge in [0.15, 0.2) is 0 Å². The maximum Gasteiger partial charge on any atom is 0.149 e. The molecular weight excluding hydrogens is 258 g/mol. The van der Waals surface area contributed by atoms with Crippen molar-refractivity contribution < 1.29 is 8.78 Å². The summed E-state index contributed by atoms with van der Waals surface area (Å²) in [6.45, 7) is 8.52. The summed E-state index contributed by atoms with van der Waals surface area (Å²) in [4.78, 5) is 1.69. The summed E-state index contributed by atoms with van der Waals surface area (Å²) < 4.78 is 28.4. The molecule has 20 heavy (non-hydrogen) atoms. The third kappa shape index (κ3) is 4.44. The first-order valence-electron chi connectivity index (χ1n) is 7.30. The Morgan fingerprint density at radius 1 is 1.15 bits per heavy atom. The number of rotatable bonds is 7. The molecule has 0 aromatic heterocycles. The highest BCUT2D eigenvalue weighted by molar-refractivity contribution is 5.50. The standard InChI is InChI=1S/C16H26F2N2/c1-6-7-12(4)20(5)16-14(17)8-13(9-15(16)18)10-19-11(2)3/h8-9,11-12,19H,6-7,10H2,1-5H3. The number of nitrogens with one attached hydrogen (secondary N) is 1. The highest BCUT2D eigenvalue weighted by atomic mass is 19.1. The Morgan fingerprint density at radius 2 is 1.70 bits per heavy atom. The van der Waals surface area contributed by atoms with E-state index in [1.807, 2.05) is 20.8 Å². The van der Waals surface area contributed by atoms with E-state index in [1.165, 1.54) is 12.1 Å². The van der Waals surface area contributed by atoms with Crippen LogP contribution in [0.15, 0.2) is 12.1 Å². The van der Waals surface area contributed by atoms with Crippen LogP contribution < -0.4 is 10.2 Å². The van der Waals surface area contributed by atoms with Crippen molar-refractivity contribution in [3.05, 3.63) is 29.3 Å². The van der Waals surface area contributed by atoms with E-state index in [4.69, 9.17) is 0 Å². The van der Waals surface area contributed by atoms with Gasteiger partial charge in [0, 0.05) is 25.7 Å². The lowest BCUT2D eigenvalue weighted by atomic mass is 10.1. The predicted molar refractivity (Wildman–Crippen MR) is 81.1 cm³/mol. The SMILES string of the molecule is CCCC(C)N(C)c1c(F)cc(CNC(C)C)cc1F. The fourth-order valence-electron chi connectivity index (χ4n) is 2.21. The zero-order valence-corrected chi connectivity index (χ0v) is 13.1. The summed E-state index contributed by atoms with van der Waals surface area (Å²) in [6.07, 6.45) is 1.90. The van der Waals surface area contributed by atoms with Gasteiger partial charge in [-0.2, -0.15) is 0 Å². The molecule has 0 bridgehead atoms. The molecule has 0 fully saturated rings. The van der Waals surface area contributed by atoms with Gasteiger partial charge in [-0.1, -0.05) is 27.2 Å². The first-order chi connectivity index (χ1) is 9.36. The Labute approximate surface area is 121 Å². The van der Waals surface area contributed by atoms with Gasteiger partial charge in [0.25, 0.3) is 0 Å². The van der Waals surface area contributed by atoms with E-state index in [0.717, 1.165) is 12.8 Å². The smallest absolute Gasteiger partial charge is 0.149 e. The van der Waals surface area contributed by atoms with E-state index in [0.29, 0.717) is 12.1 Å². The molecular formula is C16H26F2N2. The molecule has 4 heteroatoms. The number of hydrogen-bond donors (Lipinski definition) is 1. The molecule has 0 radical (unpaired) electrons. The lowest BCUT2D eigenvalue weighted by molar-refractivity contribution is 0.538. The minimum Gasteiger partial charge on any atom is -0.367 e. The first kappa shape index (κ1) is 16.9. The Kier molecular flexibility index (Phi) is 6.40. The molecule has 1 aromatic rings. The predicted octanol–water partition coefficient (Wildman–Crippen LogP) is 4.09. The van der Waals surface area contributed by atoms with Gasteiger partial charge < -0.3 is 10.2 Å². The molecule has 1 atom stereocenters. The maximum absolute atomic E-state index is 14.2. The molecule has 1 N–H and O–H groups in total. The highest BCUT2D eigenvalue weighted by Crippen LogP contribution is 2.26. The van der Waals surface area contributed by atoms with Crippen molar-refractivity contribution in [2.24, 2.45) is 0 Å². The number of anilines is 1. The number of hydrogen-bond acceptors (Lipinski definition) is 2. The van der Waals surface area contributed by atoms with Gasteiger partial charge in [0.1, 0.15) is 17.3 Å². The van der Waals surface area contributed by atoms with Gasteiger partial charge >= 0.3 is 0 Å². The van der Waals surface area contributed by atoms with Crippen LogP contribution >= 0.6 is 0 Å². The van der Waals surface area contributed by atoms with E-state index >= 15 is 0 Å². The Hall–Kier alpha value is -1.16. The number of halogens is 2. The van der Waals surface area contributed by atoms with E-state index < -0.39 is 11.6 Å². The van der Waals surface area contributed by atoms with E-state index in [-0.39, 0.29) is 17.8 Å². The van der Waals surface area contributed by atoms with Crippen molar-refractivity contribution in [1.29, 1.82) is 0 Å². The second kappa shape index (κ2) is 7.58. The van der Waals surface area contributed by atoms with Crippen LogP contribution in [-0.2, 0) is 6.54 Å². The van der Waals surface area contributed by atoms with Crippen molar-refractivity contribution in [2.45, 2.75) is 59.2 Å². The molecule has 0 aliphatic heterocycles. The van der Waals surface area contributed by atoms with E-state index in [1.54, 1.807) is 11.9 Å². The Balaban J connectivity index is 2.93. The molecule has 0 aliphatic rings. The second-order valence-corrected chi connectivity index (χ2v) is 5.69. The van der Waals surface area contributed by atoms with Crippen molar-refractivity contribution >= 4 is 5.69 Å². The summed E-state index contributed by atoms with van der Waals surface area (Å²) >= 11 is 0. The highest BCUT2D eigenvalue weighted by Gasteiger charge is 2.19. The minimum atomic E-state index is -0.490. The van der Waals surface area contributed by atoms with Crippen LogP contribution in [-0.4, -0.2) is 19.1 Å². The Morgan fingerprint density at radius 3 is 2.15 bits per heavy atom. The minimum absolute atomic E-state index is 0.0687. The lowest BCUT2D eigenvalue weighted by Crippen LogP contribution is -2.30. The van der Waals surface area contributed by atoms with Crippen LogP contribution in [0.25, 0.3) is 0 Å². The van der Waals surface area contributed by atoms with Crippen LogP contribution in [0.2, 0.25) is 0 Å². The average molecular weight is 284 g/mol. The van der Waals surface area contributed by atoms with Gasteiger partial charge in [-0.15, -0.1) is 0 Å². The topological polar surface area (TPSA) is 15.3 Å². The molecule has 0 spiro atoms. The van der Waals surface area contributed by atoms with Crippen LogP contribution in [0.5, 0.6) is 0 Å². The second-order valence-electron chi connectivity index (χ2n) is 5.69. The number of nitrogens with zero attached hydrogens (tertiary/aromatic N) is 1. The van der Waals surface area contributed by atoms with Gasteiger partial charge in [-0.05, 0) is 31.0 Å². The van der Waals surface area contributed by atoms with Crippen LogP contribution in [0.3, 0.4) is 0 Å². The Bertz CT molecular complexity index is 409. The fourth-order valence-corrected chi connectivity index (χ4v) is 2.21. The third-order valence-electron chi connectivity index (χ3n) is 3.51. The zero-order valence-electron chi connectivity index (χ0n) is 13.1. The molecule has 0 amide bonds. The van der Waals surface area contributed by atoms with Crippen LogP contribution in [0.1, 0.15) is 46.1 Å². The molecule has 1 aromatic carbocycles. The number of benzene rings is 1. The quantitative estimate of drug-likeness (QED) is 0.811. The maximum atomic E-state index is 14.2. The third-order valence-corrected chi connectivity index (χ3v) is 3.51. The van der Waals surface area contributed by atoms with Crippen LogP contribution in [0.4, 0.5) is 14.5 Å². The van der Waals surface area contributed by atoms with E-state index in [9.17, 15) is 8.78 Å². The summed E-state index contributed by atoms with van der Waals surface area (Å²) in [7, 11) is 1.74. The van der Waals surface area contributed by atoms with Gasteiger partial charge in [0.2, 0.25) is 0 Å². The summed E-state index contributed by atoms with van der Waals surface area (Å²) in [5.41, 5.74) is 0.702. The molecule has 0 saturated heterocycles. The fraction of sp³-hybridized carbons (Fsp3) is 0.625. The normalized spacial score (nSPS) is 12.8. The van der Waals surface area contributed by atoms with Crippen molar-refractivity contribution in [2.75, 3.05) is 11.9 Å². The molecule has 114 valence electrons. The molecule has 1 rings (SSSR count). The first-order valence-corrected chi connectivity index (χ1v) is 7.30. The summed E-state index contributed by atoms with van der Waals surface area (Å²) in [5.74, 6) is -0.980. The van der Waals surface area contributed by atoms with Gasteiger partial charge in [-0.3, -0.25) is 0 Å². The monoisotopic (exact) mass is 284 g/mol. The van der Waals surface area contributed by atoms with E-state index in [2.05, 4.69) is 12.2 Å².